The number of carbonyl (C=O) groups is 4. The van der Waals surface area contributed by atoms with Crippen molar-refractivity contribution in [2.24, 2.45) is 34.8 Å². The van der Waals surface area contributed by atoms with Crippen LogP contribution in [0.25, 0.3) is 0 Å². The summed E-state index contributed by atoms with van der Waals surface area (Å²) >= 11 is 0. The number of urea groups is 1. The fourth-order valence-corrected chi connectivity index (χ4v) is 6.51. The Hall–Kier alpha value is -3.25. The first-order valence-corrected chi connectivity index (χ1v) is 17.3. The molecule has 12 heteroatoms. The van der Waals surface area contributed by atoms with Gasteiger partial charge in [0.15, 0.2) is 0 Å². The lowest BCUT2D eigenvalue weighted by atomic mass is 9.81. The highest BCUT2D eigenvalue weighted by Gasteiger charge is 2.46. The summed E-state index contributed by atoms with van der Waals surface area (Å²) in [6, 6.07) is 1.39. The maximum atomic E-state index is 14.3. The molecule has 6 N–H and O–H groups in total. The summed E-state index contributed by atoms with van der Waals surface area (Å²) in [4.78, 5) is 66.4. The van der Waals surface area contributed by atoms with Gasteiger partial charge in [0, 0.05) is 25.4 Å². The van der Waals surface area contributed by atoms with Gasteiger partial charge in [-0.25, -0.2) is 4.79 Å². The van der Waals surface area contributed by atoms with Gasteiger partial charge < -0.3 is 30.9 Å². The molecule has 1 aromatic heterocycles. The van der Waals surface area contributed by atoms with Crippen LogP contribution < -0.4 is 27.2 Å². The molecule has 2 unspecified atom stereocenters. The molecule has 4 amide bonds. The molecule has 47 heavy (non-hydrogen) atoms. The minimum Gasteiger partial charge on any atom is -0.376 e. The largest absolute Gasteiger partial charge is 0.376 e. The molecule has 2 heterocycles. The summed E-state index contributed by atoms with van der Waals surface area (Å²) in [5.74, 6) is -1.26. The van der Waals surface area contributed by atoms with Crippen LogP contribution in [-0.4, -0.2) is 75.1 Å². The maximum absolute atomic E-state index is 14.3. The molecule has 1 saturated heterocycles. The third-order valence-corrected chi connectivity index (χ3v) is 10.0. The normalized spacial score (nSPS) is 21.2. The predicted molar refractivity (Wildman–Crippen MR) is 181 cm³/mol. The number of likely N-dealkylation sites (tertiary alicyclic amines) is 1. The van der Waals surface area contributed by atoms with Crippen molar-refractivity contribution in [3.63, 3.8) is 0 Å². The second-order valence-electron chi connectivity index (χ2n) is 15.4. The van der Waals surface area contributed by atoms with E-state index in [9.17, 15) is 29.1 Å². The lowest BCUT2D eigenvalue weighted by Crippen LogP contribution is -2.61. The van der Waals surface area contributed by atoms with Crippen molar-refractivity contribution >= 4 is 23.6 Å². The van der Waals surface area contributed by atoms with Gasteiger partial charge in [0.05, 0.1) is 18.1 Å². The Morgan fingerprint density at radius 3 is 2.28 bits per heavy atom. The van der Waals surface area contributed by atoms with Gasteiger partial charge in [0.25, 0.3) is 11.5 Å². The standard InChI is InChI=1S/C35H58N6O6/c1-21(2)24-18-27(32(45)37-25(29(43)31(36)44)15-11-14-23-12-10-13-23)41(19-24)33(46)30(35(5,6)7)39-34(47)38-26(22(3)4)20-40-17-9-8-16-28(40)42/h8-9,16-17,21-27,30,32,37,45H,10-15,18-20H2,1-7H3,(H2,36,44)(H2,38,39,47)/t24-,25?,26-,27+,30-,32?/m1/s1. The van der Waals surface area contributed by atoms with Crippen LogP contribution in [0.1, 0.15) is 93.4 Å². The van der Waals surface area contributed by atoms with Crippen LogP contribution in [0.3, 0.4) is 0 Å². The predicted octanol–water partition coefficient (Wildman–Crippen LogP) is 2.76. The van der Waals surface area contributed by atoms with E-state index in [2.05, 4.69) is 29.8 Å². The van der Waals surface area contributed by atoms with Crippen molar-refractivity contribution < 1.29 is 24.3 Å². The second kappa shape index (κ2) is 16.7. The first-order valence-electron chi connectivity index (χ1n) is 17.3. The first-order chi connectivity index (χ1) is 22.0. The number of rotatable bonds is 16. The van der Waals surface area contributed by atoms with E-state index < -0.39 is 47.5 Å². The van der Waals surface area contributed by atoms with Crippen molar-refractivity contribution in [3.05, 3.63) is 34.7 Å². The van der Waals surface area contributed by atoms with Crippen LogP contribution in [0.4, 0.5) is 4.79 Å². The number of nitrogens with one attached hydrogen (secondary N) is 3. The highest BCUT2D eigenvalue weighted by atomic mass is 16.3. The molecule has 12 nitrogen and oxygen atoms in total. The number of primary amides is 1. The maximum Gasteiger partial charge on any atom is 0.315 e. The third kappa shape index (κ3) is 10.6. The van der Waals surface area contributed by atoms with Gasteiger partial charge in [-0.05, 0) is 48.0 Å². The quantitative estimate of drug-likeness (QED) is 0.134. The Morgan fingerprint density at radius 2 is 1.74 bits per heavy atom. The number of carbonyl (C=O) groups excluding carboxylic acids is 4. The Morgan fingerprint density at radius 1 is 1.06 bits per heavy atom. The number of ketones is 1. The molecular weight excluding hydrogens is 600 g/mol. The van der Waals surface area contributed by atoms with E-state index in [4.69, 9.17) is 5.73 Å². The molecule has 0 radical (unpaired) electrons. The topological polar surface area (TPSA) is 176 Å². The zero-order chi connectivity index (χ0) is 35.1. The summed E-state index contributed by atoms with van der Waals surface area (Å²) in [5.41, 5.74) is 4.51. The molecule has 2 aliphatic rings. The van der Waals surface area contributed by atoms with Crippen LogP contribution in [-0.2, 0) is 20.9 Å². The third-order valence-electron chi connectivity index (χ3n) is 10.0. The molecule has 264 valence electrons. The summed E-state index contributed by atoms with van der Waals surface area (Å²) in [6.07, 6.45) is 6.47. The van der Waals surface area contributed by atoms with Crippen LogP contribution in [0.2, 0.25) is 0 Å². The Bertz CT molecular complexity index is 1290. The first kappa shape index (κ1) is 38.2. The lowest BCUT2D eigenvalue weighted by molar-refractivity contribution is -0.141. The average molecular weight is 659 g/mol. The van der Waals surface area contributed by atoms with E-state index in [1.54, 1.807) is 23.2 Å². The number of hydrogen-bond acceptors (Lipinski definition) is 7. The zero-order valence-electron chi connectivity index (χ0n) is 29.3. The number of aliphatic hydroxyl groups excluding tert-OH is 1. The SMILES string of the molecule is CC(C)[C@@H]1C[C@@H](C(O)NC(CCCC2CCC2)C(=O)C(N)=O)N(C(=O)[C@@H](NC(=O)N[C@H](Cn2ccccc2=O)C(C)C)C(C)(C)C)C1. The van der Waals surface area contributed by atoms with E-state index in [1.165, 1.54) is 29.9 Å². The van der Waals surface area contributed by atoms with Crippen molar-refractivity contribution in [2.45, 2.75) is 130 Å². The number of pyridine rings is 1. The number of nitrogens with zero attached hydrogens (tertiary/aromatic N) is 2. The van der Waals surface area contributed by atoms with E-state index in [0.717, 1.165) is 12.8 Å². The number of aromatic nitrogens is 1. The molecule has 1 aliphatic carbocycles. The van der Waals surface area contributed by atoms with Crippen LogP contribution >= 0.6 is 0 Å². The molecule has 2 fully saturated rings. The summed E-state index contributed by atoms with van der Waals surface area (Å²) < 4.78 is 1.54. The molecule has 0 bridgehead atoms. The summed E-state index contributed by atoms with van der Waals surface area (Å²) in [5, 5.41) is 20.3. The van der Waals surface area contributed by atoms with E-state index >= 15 is 0 Å². The highest BCUT2D eigenvalue weighted by molar-refractivity contribution is 6.37. The number of nitrogens with two attached hydrogens (primary N) is 1. The summed E-state index contributed by atoms with van der Waals surface area (Å²) in [7, 11) is 0. The Kier molecular flexibility index (Phi) is 13.6. The van der Waals surface area contributed by atoms with Crippen LogP contribution in [0.5, 0.6) is 0 Å². The van der Waals surface area contributed by atoms with E-state index in [-0.39, 0.29) is 41.8 Å². The van der Waals surface area contributed by atoms with Gasteiger partial charge in [-0.1, -0.05) is 86.6 Å². The van der Waals surface area contributed by atoms with Crippen LogP contribution in [0, 0.1) is 29.1 Å². The van der Waals surface area contributed by atoms with Gasteiger partial charge in [0.2, 0.25) is 11.7 Å². The van der Waals surface area contributed by atoms with Gasteiger partial charge in [0.1, 0.15) is 12.3 Å². The molecule has 6 atom stereocenters. The number of amides is 4. The number of aliphatic hydroxyl groups is 1. The minimum absolute atomic E-state index is 0.00240. The van der Waals surface area contributed by atoms with Gasteiger partial charge in [-0.3, -0.25) is 24.5 Å². The Balaban J connectivity index is 1.78. The van der Waals surface area contributed by atoms with Crippen molar-refractivity contribution in [1.82, 2.24) is 25.4 Å². The smallest absolute Gasteiger partial charge is 0.315 e. The molecule has 3 rings (SSSR count). The Labute approximate surface area is 279 Å². The zero-order valence-corrected chi connectivity index (χ0v) is 29.3. The van der Waals surface area contributed by atoms with Crippen molar-refractivity contribution in [3.8, 4) is 0 Å². The van der Waals surface area contributed by atoms with Gasteiger partial charge in [-0.15, -0.1) is 0 Å². The number of hydrogen-bond donors (Lipinski definition) is 5. The molecule has 0 spiro atoms. The summed E-state index contributed by atoms with van der Waals surface area (Å²) in [6.45, 7) is 14.3. The molecule has 1 saturated carbocycles. The minimum atomic E-state index is -1.29. The van der Waals surface area contributed by atoms with Gasteiger partial charge in [-0.2, -0.15) is 0 Å². The fraction of sp³-hybridized carbons (Fsp3) is 0.743. The monoisotopic (exact) mass is 658 g/mol. The van der Waals surface area contributed by atoms with Crippen molar-refractivity contribution in [2.75, 3.05) is 6.54 Å². The second-order valence-corrected chi connectivity index (χ2v) is 15.4. The molecule has 1 aromatic rings. The van der Waals surface area contributed by atoms with E-state index in [0.29, 0.717) is 25.3 Å². The lowest BCUT2D eigenvalue weighted by Gasteiger charge is -2.38. The van der Waals surface area contributed by atoms with Gasteiger partial charge >= 0.3 is 6.03 Å². The molecule has 0 aromatic carbocycles. The average Bonchev–Trinajstić information content (AvgIpc) is 3.42. The fourth-order valence-electron chi connectivity index (χ4n) is 6.51. The van der Waals surface area contributed by atoms with Crippen molar-refractivity contribution in [1.29, 1.82) is 0 Å². The van der Waals surface area contributed by atoms with Crippen LogP contribution in [0.15, 0.2) is 29.2 Å². The highest BCUT2D eigenvalue weighted by Crippen LogP contribution is 2.34. The van der Waals surface area contributed by atoms with E-state index in [1.807, 2.05) is 34.6 Å². The molecule has 1 aliphatic heterocycles. The number of Topliss-reactive ketones (excluding diaryl/α,β-unsaturated/α-hetero) is 1. The molecular formula is C35H58N6O6.